The van der Waals surface area contributed by atoms with E-state index < -0.39 is 23.2 Å². The molecule has 6 nitrogen and oxygen atoms in total. The van der Waals surface area contributed by atoms with Crippen molar-refractivity contribution < 1.29 is 23.8 Å². The Bertz CT molecular complexity index is 491. The van der Waals surface area contributed by atoms with E-state index in [0.29, 0.717) is 19.1 Å². The van der Waals surface area contributed by atoms with Crippen molar-refractivity contribution in [2.24, 2.45) is 11.8 Å². The molecule has 2 saturated carbocycles. The third-order valence-corrected chi connectivity index (χ3v) is 5.16. The molecule has 150 valence electrons. The smallest absolute Gasteiger partial charge is 0.408 e. The number of amides is 1. The summed E-state index contributed by atoms with van der Waals surface area (Å²) in [6, 6.07) is 0. The Kier molecular flexibility index (Phi) is 6.94. The zero-order chi connectivity index (χ0) is 19.4. The van der Waals surface area contributed by atoms with Crippen LogP contribution in [0.4, 0.5) is 4.79 Å². The summed E-state index contributed by atoms with van der Waals surface area (Å²) in [4.78, 5) is 25.3. The molecule has 0 radical (unpaired) electrons. The number of ether oxygens (including phenoxy) is 3. The molecule has 0 saturated heterocycles. The van der Waals surface area contributed by atoms with E-state index in [4.69, 9.17) is 14.2 Å². The number of carbonyl (C=O) groups is 2. The predicted molar refractivity (Wildman–Crippen MR) is 98.8 cm³/mol. The molecule has 2 rings (SSSR count). The lowest BCUT2D eigenvalue weighted by atomic mass is 9.87. The zero-order valence-electron chi connectivity index (χ0n) is 16.9. The van der Waals surface area contributed by atoms with E-state index in [9.17, 15) is 9.59 Å². The van der Waals surface area contributed by atoms with E-state index in [1.54, 1.807) is 27.7 Å². The highest BCUT2D eigenvalue weighted by Gasteiger charge is 2.44. The maximum atomic E-state index is 12.9. The molecule has 2 fully saturated rings. The fourth-order valence-corrected chi connectivity index (χ4v) is 3.03. The number of hydrogen-bond donors (Lipinski definition) is 1. The first kappa shape index (κ1) is 21.0. The molecule has 0 spiro atoms. The molecule has 1 unspecified atom stereocenters. The number of rotatable bonds is 8. The van der Waals surface area contributed by atoms with Gasteiger partial charge in [0, 0.05) is 12.5 Å². The van der Waals surface area contributed by atoms with Crippen LogP contribution in [0, 0.1) is 11.8 Å². The van der Waals surface area contributed by atoms with Crippen LogP contribution in [-0.4, -0.2) is 42.5 Å². The second-order valence-corrected chi connectivity index (χ2v) is 9.02. The molecule has 0 bridgehead atoms. The number of nitrogens with one attached hydrogen (secondary N) is 1. The van der Waals surface area contributed by atoms with Crippen molar-refractivity contribution in [1.29, 1.82) is 0 Å². The summed E-state index contributed by atoms with van der Waals surface area (Å²) in [6.07, 6.45) is 5.69. The van der Waals surface area contributed by atoms with Crippen molar-refractivity contribution in [3.63, 3.8) is 0 Å². The molecular formula is C20H35NO5. The number of alkyl carbamates (subject to hydrolysis) is 1. The number of carbonyl (C=O) groups excluding carboxylic acids is 2. The Hall–Kier alpha value is -1.30. The van der Waals surface area contributed by atoms with Crippen molar-refractivity contribution in [1.82, 2.24) is 5.32 Å². The van der Waals surface area contributed by atoms with E-state index >= 15 is 0 Å². The van der Waals surface area contributed by atoms with Crippen molar-refractivity contribution in [2.45, 2.75) is 90.4 Å². The van der Waals surface area contributed by atoms with Crippen molar-refractivity contribution in [2.75, 3.05) is 13.2 Å². The Morgan fingerprint density at radius 2 is 1.69 bits per heavy atom. The fourth-order valence-electron chi connectivity index (χ4n) is 3.03. The van der Waals surface area contributed by atoms with Crippen molar-refractivity contribution in [3.8, 4) is 0 Å². The Morgan fingerprint density at radius 1 is 1.08 bits per heavy atom. The molecular weight excluding hydrogens is 334 g/mol. The van der Waals surface area contributed by atoms with Gasteiger partial charge in [-0.3, -0.25) is 0 Å². The first-order chi connectivity index (χ1) is 12.1. The zero-order valence-corrected chi connectivity index (χ0v) is 16.9. The van der Waals surface area contributed by atoms with Gasteiger partial charge >= 0.3 is 12.1 Å². The third-order valence-electron chi connectivity index (χ3n) is 5.16. The van der Waals surface area contributed by atoms with Gasteiger partial charge in [0.1, 0.15) is 17.2 Å². The summed E-state index contributed by atoms with van der Waals surface area (Å²) in [7, 11) is 0. The summed E-state index contributed by atoms with van der Waals surface area (Å²) >= 11 is 0. The van der Waals surface area contributed by atoms with E-state index in [0.717, 1.165) is 25.7 Å². The summed E-state index contributed by atoms with van der Waals surface area (Å²) in [5, 5.41) is 2.76. The van der Waals surface area contributed by atoms with Crippen LogP contribution in [-0.2, 0) is 19.0 Å². The van der Waals surface area contributed by atoms with Crippen LogP contribution < -0.4 is 5.32 Å². The van der Waals surface area contributed by atoms with Gasteiger partial charge in [-0.1, -0.05) is 6.92 Å². The van der Waals surface area contributed by atoms with E-state index in [-0.39, 0.29) is 12.0 Å². The van der Waals surface area contributed by atoms with Gasteiger partial charge in [0.05, 0.1) is 6.61 Å². The minimum Gasteiger partial charge on any atom is -0.461 e. The van der Waals surface area contributed by atoms with Crippen LogP contribution in [0.1, 0.15) is 73.1 Å². The number of esters is 1. The molecule has 2 aliphatic carbocycles. The Balaban J connectivity index is 2.01. The van der Waals surface area contributed by atoms with Gasteiger partial charge in [0.2, 0.25) is 0 Å². The summed E-state index contributed by atoms with van der Waals surface area (Å²) in [6.45, 7) is 10.1. The van der Waals surface area contributed by atoms with Crippen LogP contribution in [0.5, 0.6) is 0 Å². The second-order valence-electron chi connectivity index (χ2n) is 9.02. The monoisotopic (exact) mass is 369 g/mol. The summed E-state index contributed by atoms with van der Waals surface area (Å²) in [5.74, 6) is 0.0122. The maximum absolute atomic E-state index is 12.9. The average molecular weight is 370 g/mol. The Morgan fingerprint density at radius 3 is 2.23 bits per heavy atom. The highest BCUT2D eigenvalue weighted by molar-refractivity contribution is 5.86. The highest BCUT2D eigenvalue weighted by Crippen LogP contribution is 2.30. The molecule has 6 heteroatoms. The lowest BCUT2D eigenvalue weighted by molar-refractivity contribution is -0.159. The van der Waals surface area contributed by atoms with Gasteiger partial charge < -0.3 is 19.5 Å². The molecule has 0 aromatic heterocycles. The first-order valence-corrected chi connectivity index (χ1v) is 9.90. The maximum Gasteiger partial charge on any atom is 0.408 e. The van der Waals surface area contributed by atoms with Gasteiger partial charge in [-0.2, -0.15) is 0 Å². The second kappa shape index (κ2) is 8.59. The molecule has 0 aromatic rings. The standard InChI is InChI=1S/C20H35NO5/c1-14(12-24-13-15-10-11-15)20(5,21-18(23)26-19(2,3)4)17(22)25-16-8-6-7-9-16/h14-16H,6-13H2,1-5H3,(H,21,23)/t14?,20-/m0/s1. The van der Waals surface area contributed by atoms with Crippen LogP contribution >= 0.6 is 0 Å². The minimum absolute atomic E-state index is 0.0538. The average Bonchev–Trinajstić information content (AvgIpc) is 3.19. The highest BCUT2D eigenvalue weighted by atomic mass is 16.6. The third kappa shape index (κ3) is 6.45. The largest absolute Gasteiger partial charge is 0.461 e. The van der Waals surface area contributed by atoms with E-state index in [2.05, 4.69) is 5.32 Å². The molecule has 26 heavy (non-hydrogen) atoms. The molecule has 0 heterocycles. The van der Waals surface area contributed by atoms with E-state index in [1.165, 1.54) is 12.8 Å². The minimum atomic E-state index is -1.19. The molecule has 1 amide bonds. The van der Waals surface area contributed by atoms with Crippen LogP contribution in [0.15, 0.2) is 0 Å². The Labute approximate surface area is 157 Å². The van der Waals surface area contributed by atoms with Crippen LogP contribution in [0.25, 0.3) is 0 Å². The van der Waals surface area contributed by atoms with Crippen LogP contribution in [0.3, 0.4) is 0 Å². The summed E-state index contributed by atoms with van der Waals surface area (Å²) < 4.78 is 16.8. The molecule has 0 aromatic carbocycles. The number of hydrogen-bond acceptors (Lipinski definition) is 5. The van der Waals surface area contributed by atoms with Gasteiger partial charge in [0.15, 0.2) is 0 Å². The predicted octanol–water partition coefficient (Wildman–Crippen LogP) is 3.82. The normalized spacial score (nSPS) is 21.7. The van der Waals surface area contributed by atoms with Gasteiger partial charge in [-0.15, -0.1) is 0 Å². The van der Waals surface area contributed by atoms with Crippen LogP contribution in [0.2, 0.25) is 0 Å². The first-order valence-electron chi connectivity index (χ1n) is 9.90. The summed E-state index contributed by atoms with van der Waals surface area (Å²) in [5.41, 5.74) is -1.82. The molecule has 2 atom stereocenters. The molecule has 2 aliphatic rings. The van der Waals surface area contributed by atoms with Crippen molar-refractivity contribution in [3.05, 3.63) is 0 Å². The van der Waals surface area contributed by atoms with Gasteiger partial charge in [-0.25, -0.2) is 9.59 Å². The quantitative estimate of drug-likeness (QED) is 0.659. The van der Waals surface area contributed by atoms with E-state index in [1.807, 2.05) is 6.92 Å². The van der Waals surface area contributed by atoms with Gasteiger partial charge in [-0.05, 0) is 72.1 Å². The van der Waals surface area contributed by atoms with Crippen molar-refractivity contribution >= 4 is 12.1 Å². The lowest BCUT2D eigenvalue weighted by Crippen LogP contribution is -2.59. The SMILES string of the molecule is CC(COCC1CC1)[C@](C)(NC(=O)OC(C)(C)C)C(=O)OC1CCCC1. The lowest BCUT2D eigenvalue weighted by Gasteiger charge is -2.35. The fraction of sp³-hybridized carbons (Fsp3) is 0.900. The molecule has 1 N–H and O–H groups in total. The topological polar surface area (TPSA) is 73.9 Å². The van der Waals surface area contributed by atoms with Gasteiger partial charge in [0.25, 0.3) is 0 Å². The molecule has 0 aliphatic heterocycles.